The summed E-state index contributed by atoms with van der Waals surface area (Å²) >= 11 is 0. The van der Waals surface area contributed by atoms with Crippen LogP contribution in [0.5, 0.6) is 0 Å². The number of rotatable bonds is 4. The van der Waals surface area contributed by atoms with Crippen molar-refractivity contribution in [2.45, 2.75) is 37.7 Å². The number of fused-ring (bicyclic) bond motifs is 1. The summed E-state index contributed by atoms with van der Waals surface area (Å²) in [6.07, 6.45) is 4.02. The van der Waals surface area contributed by atoms with Crippen molar-refractivity contribution in [1.29, 1.82) is 0 Å². The number of piperidine rings is 1. The molecule has 4 rings (SSSR count). The number of carbonyl (C=O) groups excluding carboxylic acids is 1. The number of hydrogen-bond acceptors (Lipinski definition) is 6. The van der Waals surface area contributed by atoms with Crippen LogP contribution < -0.4 is 10.2 Å². The summed E-state index contributed by atoms with van der Waals surface area (Å²) in [7, 11) is 3.93. The van der Waals surface area contributed by atoms with Gasteiger partial charge in [-0.3, -0.25) is 0 Å². The van der Waals surface area contributed by atoms with Gasteiger partial charge in [0.1, 0.15) is 5.82 Å². The molecule has 0 radical (unpaired) electrons. The van der Waals surface area contributed by atoms with Crippen LogP contribution in [0.3, 0.4) is 0 Å². The van der Waals surface area contributed by atoms with Crippen molar-refractivity contribution < 1.29 is 9.53 Å². The summed E-state index contributed by atoms with van der Waals surface area (Å²) in [4.78, 5) is 16.2. The maximum Gasteiger partial charge on any atom is 0.317 e. The number of hydrogen-bond donors (Lipinski definition) is 1. The molecule has 2 fully saturated rings. The van der Waals surface area contributed by atoms with E-state index in [2.05, 4.69) is 20.6 Å². The number of nitrogens with zero attached hydrogens (tertiary/aromatic N) is 6. The lowest BCUT2D eigenvalue weighted by molar-refractivity contribution is 0.108. The predicted molar refractivity (Wildman–Crippen MR) is 101 cm³/mol. The Hall–Kier alpha value is -2.42. The summed E-state index contributed by atoms with van der Waals surface area (Å²) in [6.45, 7) is 2.83. The van der Waals surface area contributed by atoms with E-state index in [1.807, 2.05) is 40.5 Å². The molecule has 9 nitrogen and oxygen atoms in total. The number of ether oxygens (including phenoxy) is 1. The highest BCUT2D eigenvalue weighted by molar-refractivity contribution is 5.74. The molecule has 0 aromatic carbocycles. The third-order valence-electron chi connectivity index (χ3n) is 5.38. The molecular weight excluding hydrogens is 346 g/mol. The van der Waals surface area contributed by atoms with Crippen molar-refractivity contribution in [3.05, 3.63) is 18.0 Å². The predicted octanol–water partition coefficient (Wildman–Crippen LogP) is 1.26. The lowest BCUT2D eigenvalue weighted by atomic mass is 9.96. The molecule has 1 atom stereocenters. The Morgan fingerprint density at radius 3 is 2.78 bits per heavy atom. The molecular formula is C18H27N7O2. The zero-order valence-corrected chi connectivity index (χ0v) is 16.0. The van der Waals surface area contributed by atoms with Crippen LogP contribution >= 0.6 is 0 Å². The fraction of sp³-hybridized carbons (Fsp3) is 0.667. The van der Waals surface area contributed by atoms with Crippen LogP contribution in [0.1, 0.15) is 37.4 Å². The van der Waals surface area contributed by atoms with Crippen molar-refractivity contribution in [2.24, 2.45) is 0 Å². The first-order valence-corrected chi connectivity index (χ1v) is 9.66. The first-order valence-electron chi connectivity index (χ1n) is 9.66. The van der Waals surface area contributed by atoms with Gasteiger partial charge in [0, 0.05) is 46.3 Å². The minimum atomic E-state index is 0.00284. The topological polar surface area (TPSA) is 87.9 Å². The van der Waals surface area contributed by atoms with Crippen molar-refractivity contribution in [2.75, 3.05) is 45.2 Å². The van der Waals surface area contributed by atoms with E-state index in [0.717, 1.165) is 49.6 Å². The van der Waals surface area contributed by atoms with Gasteiger partial charge in [-0.1, -0.05) is 0 Å². The number of likely N-dealkylation sites (tertiary alicyclic amines) is 1. The minimum absolute atomic E-state index is 0.00284. The SMILES string of the molecule is CN(C)c1ccc2nnc(C3CCN(C(=O)NCC4CCCO4)CC3)n2n1. The van der Waals surface area contributed by atoms with Crippen LogP contribution in [-0.4, -0.2) is 77.2 Å². The maximum atomic E-state index is 12.4. The molecule has 1 N–H and O–H groups in total. The second-order valence-corrected chi connectivity index (χ2v) is 7.50. The maximum absolute atomic E-state index is 12.4. The molecule has 146 valence electrons. The molecule has 2 amide bonds. The average Bonchev–Trinajstić information content (AvgIpc) is 3.35. The quantitative estimate of drug-likeness (QED) is 0.868. The van der Waals surface area contributed by atoms with Gasteiger partial charge < -0.3 is 19.9 Å². The number of carbonyl (C=O) groups is 1. The van der Waals surface area contributed by atoms with E-state index in [-0.39, 0.29) is 18.1 Å². The van der Waals surface area contributed by atoms with E-state index in [0.29, 0.717) is 19.6 Å². The highest BCUT2D eigenvalue weighted by Gasteiger charge is 2.28. The normalized spacial score (nSPS) is 21.0. The van der Waals surface area contributed by atoms with E-state index in [1.54, 1.807) is 0 Å². The first kappa shape index (κ1) is 18.0. The molecule has 0 saturated carbocycles. The van der Waals surface area contributed by atoms with Gasteiger partial charge in [-0.15, -0.1) is 15.3 Å². The molecule has 27 heavy (non-hydrogen) atoms. The molecule has 9 heteroatoms. The van der Waals surface area contributed by atoms with Gasteiger partial charge in [0.25, 0.3) is 0 Å². The van der Waals surface area contributed by atoms with Crippen LogP contribution in [0.4, 0.5) is 10.6 Å². The minimum Gasteiger partial charge on any atom is -0.376 e. The molecule has 0 bridgehead atoms. The molecule has 1 unspecified atom stereocenters. The molecule has 4 heterocycles. The highest BCUT2D eigenvalue weighted by atomic mass is 16.5. The van der Waals surface area contributed by atoms with Crippen molar-refractivity contribution in [3.8, 4) is 0 Å². The molecule has 2 aromatic heterocycles. The van der Waals surface area contributed by atoms with E-state index >= 15 is 0 Å². The number of amides is 2. The largest absolute Gasteiger partial charge is 0.376 e. The number of aromatic nitrogens is 4. The summed E-state index contributed by atoms with van der Waals surface area (Å²) in [5, 5.41) is 16.3. The lowest BCUT2D eigenvalue weighted by Gasteiger charge is -2.31. The van der Waals surface area contributed by atoms with Gasteiger partial charge in [-0.05, 0) is 37.8 Å². The zero-order valence-electron chi connectivity index (χ0n) is 16.0. The van der Waals surface area contributed by atoms with Crippen molar-refractivity contribution in [3.63, 3.8) is 0 Å². The van der Waals surface area contributed by atoms with Crippen LogP contribution in [0.2, 0.25) is 0 Å². The van der Waals surface area contributed by atoms with Gasteiger partial charge in [-0.2, -0.15) is 4.52 Å². The van der Waals surface area contributed by atoms with Crippen molar-refractivity contribution >= 4 is 17.5 Å². The fourth-order valence-electron chi connectivity index (χ4n) is 3.75. The van der Waals surface area contributed by atoms with Crippen LogP contribution in [-0.2, 0) is 4.74 Å². The summed E-state index contributed by atoms with van der Waals surface area (Å²) in [5.41, 5.74) is 0.757. The third-order valence-corrected chi connectivity index (χ3v) is 5.38. The monoisotopic (exact) mass is 373 g/mol. The van der Waals surface area contributed by atoms with Gasteiger partial charge in [0.15, 0.2) is 11.5 Å². The van der Waals surface area contributed by atoms with E-state index in [4.69, 9.17) is 4.74 Å². The summed E-state index contributed by atoms with van der Waals surface area (Å²) in [5.74, 6) is 2.01. The van der Waals surface area contributed by atoms with Crippen LogP contribution in [0.25, 0.3) is 5.65 Å². The van der Waals surface area contributed by atoms with Crippen LogP contribution in [0.15, 0.2) is 12.1 Å². The highest BCUT2D eigenvalue weighted by Crippen LogP contribution is 2.27. The molecule has 2 aliphatic heterocycles. The van der Waals surface area contributed by atoms with E-state index in [1.165, 1.54) is 0 Å². The van der Waals surface area contributed by atoms with Gasteiger partial charge in [0.2, 0.25) is 0 Å². The standard InChI is InChI=1S/C18H27N7O2/c1-23(2)16-6-5-15-20-21-17(25(15)22-16)13-7-9-24(10-8-13)18(26)19-12-14-4-3-11-27-14/h5-6,13-14H,3-4,7-12H2,1-2H3,(H,19,26). The first-order chi connectivity index (χ1) is 13.1. The summed E-state index contributed by atoms with van der Waals surface area (Å²) < 4.78 is 7.40. The van der Waals surface area contributed by atoms with E-state index < -0.39 is 0 Å². The molecule has 2 saturated heterocycles. The molecule has 2 aromatic rings. The Labute approximate surface area is 158 Å². The Kier molecular flexibility index (Phi) is 5.11. The summed E-state index contributed by atoms with van der Waals surface area (Å²) in [6, 6.07) is 3.88. The Morgan fingerprint density at radius 1 is 1.26 bits per heavy atom. The lowest BCUT2D eigenvalue weighted by Crippen LogP contribution is -2.46. The van der Waals surface area contributed by atoms with E-state index in [9.17, 15) is 4.79 Å². The molecule has 2 aliphatic rings. The Bertz CT molecular complexity index is 792. The second-order valence-electron chi connectivity index (χ2n) is 7.50. The van der Waals surface area contributed by atoms with Crippen LogP contribution in [0, 0.1) is 0 Å². The Morgan fingerprint density at radius 2 is 2.07 bits per heavy atom. The number of urea groups is 1. The Balaban J connectivity index is 1.36. The zero-order chi connectivity index (χ0) is 18.8. The van der Waals surface area contributed by atoms with Gasteiger partial charge in [-0.25, -0.2) is 4.79 Å². The third kappa shape index (κ3) is 3.83. The fourth-order valence-corrected chi connectivity index (χ4v) is 3.75. The van der Waals surface area contributed by atoms with Gasteiger partial charge >= 0.3 is 6.03 Å². The smallest absolute Gasteiger partial charge is 0.317 e. The average molecular weight is 373 g/mol. The second kappa shape index (κ2) is 7.67. The molecule has 0 spiro atoms. The number of nitrogens with one attached hydrogen (secondary N) is 1. The van der Waals surface area contributed by atoms with Gasteiger partial charge in [0.05, 0.1) is 6.10 Å². The molecule has 0 aliphatic carbocycles. The number of anilines is 1. The van der Waals surface area contributed by atoms with Crippen molar-refractivity contribution in [1.82, 2.24) is 30.0 Å².